The van der Waals surface area contributed by atoms with Gasteiger partial charge in [-0.2, -0.15) is 4.31 Å². The fourth-order valence-electron chi connectivity index (χ4n) is 8.51. The monoisotopic (exact) mass is 566 g/mol. The summed E-state index contributed by atoms with van der Waals surface area (Å²) in [7, 11) is -0.329. The molecule has 40 heavy (non-hydrogen) atoms. The van der Waals surface area contributed by atoms with Gasteiger partial charge in [0.05, 0.1) is 30.4 Å². The minimum absolute atomic E-state index is 0.0240. The number of hydrogen-bond acceptors (Lipinski definition) is 7. The third-order valence-corrected chi connectivity index (χ3v) is 12.2. The fraction of sp³-hybridized carbons (Fsp3) is 0.581. The second kappa shape index (κ2) is 9.19. The van der Waals surface area contributed by atoms with Crippen LogP contribution in [0.5, 0.6) is 11.5 Å². The molecular weight excluding hydrogens is 528 g/mol. The Labute approximate surface area is 236 Å². The lowest BCUT2D eigenvalue weighted by Crippen LogP contribution is -2.79. The smallest absolute Gasteiger partial charge is 0.303 e. The van der Waals surface area contributed by atoms with Crippen LogP contribution in [0.25, 0.3) is 0 Å². The highest BCUT2D eigenvalue weighted by Crippen LogP contribution is 2.67. The molecule has 214 valence electrons. The van der Waals surface area contributed by atoms with Gasteiger partial charge in [0.2, 0.25) is 10.0 Å². The van der Waals surface area contributed by atoms with E-state index < -0.39 is 33.2 Å². The maximum absolute atomic E-state index is 13.8. The molecular formula is C31H38N2O6S. The number of carbonyl (C=O) groups excluding carboxylic acids is 1. The second-order valence-corrected chi connectivity index (χ2v) is 14.4. The summed E-state index contributed by atoms with van der Waals surface area (Å²) in [6.45, 7) is 3.39. The third kappa shape index (κ3) is 3.70. The van der Waals surface area contributed by atoms with Crippen molar-refractivity contribution >= 4 is 16.0 Å². The highest BCUT2D eigenvalue weighted by Gasteiger charge is 2.76. The Bertz CT molecular complexity index is 1440. The summed E-state index contributed by atoms with van der Waals surface area (Å²) in [5, 5.41) is 0. The number of likely N-dealkylation sites (N-methyl/N-ethyl adjacent to an activating group) is 1. The number of nitrogens with zero attached hydrogens (tertiary/aromatic N) is 2. The zero-order valence-electron chi connectivity index (χ0n) is 23.5. The van der Waals surface area contributed by atoms with Crippen LogP contribution in [0.1, 0.15) is 55.7 Å². The largest absolute Gasteiger partial charge is 0.493 e. The van der Waals surface area contributed by atoms with Gasteiger partial charge in [0, 0.05) is 26.1 Å². The van der Waals surface area contributed by atoms with Crippen molar-refractivity contribution in [1.29, 1.82) is 0 Å². The minimum atomic E-state index is -3.65. The van der Waals surface area contributed by atoms with Crippen LogP contribution in [0, 0.1) is 5.92 Å². The zero-order chi connectivity index (χ0) is 27.9. The van der Waals surface area contributed by atoms with Crippen LogP contribution in [0.2, 0.25) is 0 Å². The van der Waals surface area contributed by atoms with Gasteiger partial charge in [0.1, 0.15) is 11.7 Å². The van der Waals surface area contributed by atoms with Gasteiger partial charge in [0.15, 0.2) is 11.5 Å². The van der Waals surface area contributed by atoms with Gasteiger partial charge in [-0.3, -0.25) is 9.69 Å². The minimum Gasteiger partial charge on any atom is -0.493 e. The van der Waals surface area contributed by atoms with Crippen molar-refractivity contribution in [3.8, 4) is 11.5 Å². The van der Waals surface area contributed by atoms with Crippen LogP contribution in [0.3, 0.4) is 0 Å². The lowest BCUT2D eigenvalue weighted by Gasteiger charge is -2.65. The van der Waals surface area contributed by atoms with E-state index in [1.807, 2.05) is 36.4 Å². The molecule has 2 saturated carbocycles. The molecule has 5 atom stereocenters. The predicted octanol–water partition coefficient (Wildman–Crippen LogP) is 3.66. The van der Waals surface area contributed by atoms with Gasteiger partial charge in [-0.05, 0) is 68.2 Å². The van der Waals surface area contributed by atoms with Crippen molar-refractivity contribution in [2.24, 2.45) is 5.92 Å². The van der Waals surface area contributed by atoms with E-state index in [1.54, 1.807) is 14.2 Å². The van der Waals surface area contributed by atoms with Gasteiger partial charge in [-0.25, -0.2) is 8.42 Å². The highest BCUT2D eigenvalue weighted by molar-refractivity contribution is 7.88. The molecule has 2 heterocycles. The molecule has 0 N–H and O–H groups in total. The van der Waals surface area contributed by atoms with Crippen molar-refractivity contribution in [2.75, 3.05) is 27.2 Å². The van der Waals surface area contributed by atoms with Gasteiger partial charge >= 0.3 is 5.97 Å². The molecule has 0 radical (unpaired) electrons. The number of benzene rings is 2. The second-order valence-electron chi connectivity index (χ2n) is 12.4. The molecule has 0 amide bonds. The van der Waals surface area contributed by atoms with Crippen molar-refractivity contribution in [1.82, 2.24) is 9.21 Å². The topological polar surface area (TPSA) is 85.4 Å². The Kier molecular flexibility index (Phi) is 6.04. The number of rotatable bonds is 8. The van der Waals surface area contributed by atoms with E-state index in [4.69, 9.17) is 14.2 Å². The SMILES string of the molecule is COc1ccc2c3c1O[C@H]1[C@@H](N(C)S(=O)(=O)Cc4ccccc4)CC[C@@]4(OC(C)=O)[C@@H](C2)N(CC2CC2)CC[C@]314. The Morgan fingerprint density at radius 3 is 2.60 bits per heavy atom. The van der Waals surface area contributed by atoms with Gasteiger partial charge in [-0.15, -0.1) is 0 Å². The summed E-state index contributed by atoms with van der Waals surface area (Å²) in [4.78, 5) is 15.4. The molecule has 2 aromatic carbocycles. The van der Waals surface area contributed by atoms with Gasteiger partial charge < -0.3 is 14.2 Å². The van der Waals surface area contributed by atoms with Gasteiger partial charge in [-0.1, -0.05) is 36.4 Å². The van der Waals surface area contributed by atoms with Crippen LogP contribution in [-0.2, 0) is 37.1 Å². The first-order valence-electron chi connectivity index (χ1n) is 14.5. The van der Waals surface area contributed by atoms with E-state index in [-0.39, 0.29) is 17.8 Å². The molecule has 1 saturated heterocycles. The van der Waals surface area contributed by atoms with Crippen molar-refractivity contribution < 1.29 is 27.4 Å². The van der Waals surface area contributed by atoms with Crippen LogP contribution in [0.15, 0.2) is 42.5 Å². The predicted molar refractivity (Wildman–Crippen MR) is 150 cm³/mol. The Morgan fingerprint density at radius 2 is 1.90 bits per heavy atom. The first-order valence-corrected chi connectivity index (χ1v) is 16.1. The maximum atomic E-state index is 13.8. The van der Waals surface area contributed by atoms with Crippen molar-refractivity contribution in [2.45, 2.75) is 80.4 Å². The number of likely N-dealkylation sites (tertiary alicyclic amines) is 1. The fourth-order valence-corrected chi connectivity index (χ4v) is 9.95. The average Bonchev–Trinajstić information content (AvgIpc) is 3.67. The molecule has 2 aromatic rings. The van der Waals surface area contributed by atoms with Crippen LogP contribution >= 0.6 is 0 Å². The standard InChI is InChI=1S/C31H38N2O6S/c1-20(34)39-31-14-13-24(32(2)40(35,36)19-22-7-5-4-6-8-22)29-30(31)15-16-33(18-21-9-10-21)26(31)17-23-11-12-25(37-3)28(38-29)27(23)30/h4-8,11-12,21,24,26,29H,9-10,13-19H2,1-3H3/t24-,26+,29-,30-,31+/m0/s1. The van der Waals surface area contributed by atoms with Crippen LogP contribution < -0.4 is 9.47 Å². The molecule has 7 rings (SSSR count). The molecule has 2 aliphatic heterocycles. The average molecular weight is 567 g/mol. The zero-order valence-corrected chi connectivity index (χ0v) is 24.3. The molecule has 5 aliphatic rings. The quantitative estimate of drug-likeness (QED) is 0.451. The number of piperidine rings is 1. The molecule has 0 aromatic heterocycles. The van der Waals surface area contributed by atoms with E-state index in [2.05, 4.69) is 11.0 Å². The van der Waals surface area contributed by atoms with E-state index in [0.717, 1.165) is 37.1 Å². The lowest BCUT2D eigenvalue weighted by atomic mass is 9.48. The third-order valence-electron chi connectivity index (χ3n) is 10.3. The summed E-state index contributed by atoms with van der Waals surface area (Å²) in [5.74, 6) is 1.68. The summed E-state index contributed by atoms with van der Waals surface area (Å²) < 4.78 is 48.3. The van der Waals surface area contributed by atoms with Crippen LogP contribution in [-0.4, -0.2) is 74.6 Å². The number of ether oxygens (including phenoxy) is 3. The molecule has 0 unspecified atom stereocenters. The first-order chi connectivity index (χ1) is 19.2. The van der Waals surface area contributed by atoms with Crippen LogP contribution in [0.4, 0.5) is 0 Å². The molecule has 3 fully saturated rings. The number of hydrogen-bond donors (Lipinski definition) is 0. The Hall–Kier alpha value is -2.62. The first kappa shape index (κ1) is 26.3. The van der Waals surface area contributed by atoms with E-state index in [1.165, 1.54) is 29.6 Å². The summed E-state index contributed by atoms with van der Waals surface area (Å²) >= 11 is 0. The van der Waals surface area contributed by atoms with E-state index in [0.29, 0.717) is 30.3 Å². The normalized spacial score (nSPS) is 32.4. The molecule has 8 nitrogen and oxygen atoms in total. The van der Waals surface area contributed by atoms with Crippen molar-refractivity contribution in [3.63, 3.8) is 0 Å². The summed E-state index contributed by atoms with van der Waals surface area (Å²) in [6.07, 6.45) is 4.66. The maximum Gasteiger partial charge on any atom is 0.303 e. The summed E-state index contributed by atoms with van der Waals surface area (Å²) in [6, 6.07) is 13.0. The van der Waals surface area contributed by atoms with Gasteiger partial charge in [0.25, 0.3) is 0 Å². The Morgan fingerprint density at radius 1 is 1.12 bits per heavy atom. The summed E-state index contributed by atoms with van der Waals surface area (Å²) in [5.41, 5.74) is 1.58. The molecule has 2 bridgehead atoms. The highest BCUT2D eigenvalue weighted by atomic mass is 32.2. The van der Waals surface area contributed by atoms with E-state index in [9.17, 15) is 13.2 Å². The molecule has 9 heteroatoms. The Balaban J connectivity index is 1.36. The number of esters is 1. The van der Waals surface area contributed by atoms with Crippen molar-refractivity contribution in [3.05, 3.63) is 59.2 Å². The number of methoxy groups -OCH3 is 1. The number of sulfonamides is 1. The number of carbonyl (C=O) groups is 1. The lowest BCUT2D eigenvalue weighted by molar-refractivity contribution is -0.221. The molecule has 1 spiro atoms. The molecule has 3 aliphatic carbocycles. The van der Waals surface area contributed by atoms with E-state index >= 15 is 0 Å².